The molecule has 1 aromatic heterocycles. The van der Waals surface area contributed by atoms with Crippen molar-refractivity contribution in [3.8, 4) is 0 Å². The number of allylic oxidation sites excluding steroid dienone is 1. The monoisotopic (exact) mass is 285 g/mol. The fraction of sp³-hybridized carbons (Fsp3) is 0.389. The summed E-state index contributed by atoms with van der Waals surface area (Å²) in [5, 5.41) is 10.00. The van der Waals surface area contributed by atoms with Crippen LogP contribution >= 0.6 is 0 Å². The van der Waals surface area contributed by atoms with Gasteiger partial charge in [0.2, 0.25) is 0 Å². The summed E-state index contributed by atoms with van der Waals surface area (Å²) in [6.07, 6.45) is 7.01. The minimum Gasteiger partial charge on any atom is -0.478 e. The largest absolute Gasteiger partial charge is 0.478 e. The number of hydrogen-bond acceptors (Lipinski definition) is 1. The lowest BCUT2D eigenvalue weighted by atomic mass is 10.0. The Balaban J connectivity index is 2.33. The lowest BCUT2D eigenvalue weighted by Crippen LogP contribution is -2.03. The molecule has 0 aliphatic heterocycles. The minimum atomic E-state index is -0.904. The standard InChI is InChI=1S/C18H23NO2/c1-4-5-6-14(3)19-10-9-16-12-15(7-8-17(16)19)13(2)11-18(20)21/h7-12,14H,4-6H2,1-3H3,(H,20,21). The maximum absolute atomic E-state index is 10.8. The molecule has 0 radical (unpaired) electrons. The van der Waals surface area contributed by atoms with Crippen LogP contribution in [-0.2, 0) is 4.79 Å². The Bertz CT molecular complexity index is 667. The highest BCUT2D eigenvalue weighted by atomic mass is 16.4. The average Bonchev–Trinajstić information content (AvgIpc) is 2.87. The molecule has 0 saturated heterocycles. The number of aromatic nitrogens is 1. The summed E-state index contributed by atoms with van der Waals surface area (Å²) in [7, 11) is 0. The summed E-state index contributed by atoms with van der Waals surface area (Å²) in [4.78, 5) is 10.8. The molecule has 0 fully saturated rings. The number of unbranched alkanes of at least 4 members (excludes halogenated alkanes) is 1. The fourth-order valence-electron chi connectivity index (χ4n) is 2.70. The average molecular weight is 285 g/mol. The molecular formula is C18H23NO2. The summed E-state index contributed by atoms with van der Waals surface area (Å²) < 4.78 is 2.31. The number of carboxylic acids is 1. The van der Waals surface area contributed by atoms with Gasteiger partial charge in [-0.05, 0) is 49.6 Å². The van der Waals surface area contributed by atoms with Gasteiger partial charge in [0.25, 0.3) is 0 Å². The van der Waals surface area contributed by atoms with E-state index in [9.17, 15) is 4.79 Å². The zero-order valence-electron chi connectivity index (χ0n) is 13.0. The van der Waals surface area contributed by atoms with Gasteiger partial charge in [-0.25, -0.2) is 4.79 Å². The van der Waals surface area contributed by atoms with E-state index in [0.717, 1.165) is 16.5 Å². The van der Waals surface area contributed by atoms with Crippen molar-refractivity contribution in [1.29, 1.82) is 0 Å². The van der Waals surface area contributed by atoms with Gasteiger partial charge < -0.3 is 9.67 Å². The fourth-order valence-corrected chi connectivity index (χ4v) is 2.70. The summed E-state index contributed by atoms with van der Waals surface area (Å²) >= 11 is 0. The molecule has 3 nitrogen and oxygen atoms in total. The zero-order valence-corrected chi connectivity index (χ0v) is 13.0. The molecular weight excluding hydrogens is 262 g/mol. The predicted octanol–water partition coefficient (Wildman–Crippen LogP) is 4.88. The highest BCUT2D eigenvalue weighted by Crippen LogP contribution is 2.26. The Labute approximate surface area is 125 Å². The second kappa shape index (κ2) is 6.61. The summed E-state index contributed by atoms with van der Waals surface area (Å²) in [5.74, 6) is -0.904. The zero-order chi connectivity index (χ0) is 15.4. The molecule has 0 aliphatic carbocycles. The van der Waals surface area contributed by atoms with E-state index in [-0.39, 0.29) is 0 Å². The van der Waals surface area contributed by atoms with E-state index in [0.29, 0.717) is 6.04 Å². The molecule has 2 aromatic rings. The third-order valence-corrected chi connectivity index (χ3v) is 3.97. The van der Waals surface area contributed by atoms with Gasteiger partial charge in [0, 0.05) is 29.2 Å². The summed E-state index contributed by atoms with van der Waals surface area (Å²) in [6, 6.07) is 8.75. The van der Waals surface area contributed by atoms with Crippen molar-refractivity contribution in [2.75, 3.05) is 0 Å². The predicted molar refractivity (Wildman–Crippen MR) is 87.5 cm³/mol. The minimum absolute atomic E-state index is 0.490. The molecule has 112 valence electrons. The van der Waals surface area contributed by atoms with Crippen LogP contribution in [0.4, 0.5) is 0 Å². The SMILES string of the molecule is CCCCC(C)n1ccc2cc(C(C)=CC(=O)O)ccc21. The Morgan fingerprint density at radius 3 is 2.81 bits per heavy atom. The second-order valence-corrected chi connectivity index (χ2v) is 5.65. The van der Waals surface area contributed by atoms with Gasteiger partial charge in [0.15, 0.2) is 0 Å². The van der Waals surface area contributed by atoms with E-state index in [1.54, 1.807) is 0 Å². The van der Waals surface area contributed by atoms with Gasteiger partial charge in [-0.3, -0.25) is 0 Å². The van der Waals surface area contributed by atoms with Crippen molar-refractivity contribution < 1.29 is 9.90 Å². The summed E-state index contributed by atoms with van der Waals surface area (Å²) in [5.41, 5.74) is 2.95. The molecule has 21 heavy (non-hydrogen) atoms. The number of hydrogen-bond donors (Lipinski definition) is 1. The molecule has 2 rings (SSSR count). The van der Waals surface area contributed by atoms with Gasteiger partial charge in [0.05, 0.1) is 0 Å². The first kappa shape index (κ1) is 15.4. The highest BCUT2D eigenvalue weighted by molar-refractivity contribution is 5.91. The van der Waals surface area contributed by atoms with Gasteiger partial charge in [0.1, 0.15) is 0 Å². The van der Waals surface area contributed by atoms with Gasteiger partial charge in [-0.15, -0.1) is 0 Å². The van der Waals surface area contributed by atoms with Crippen LogP contribution in [0, 0.1) is 0 Å². The molecule has 0 saturated carbocycles. The van der Waals surface area contributed by atoms with Crippen molar-refractivity contribution in [2.24, 2.45) is 0 Å². The van der Waals surface area contributed by atoms with E-state index in [4.69, 9.17) is 5.11 Å². The van der Waals surface area contributed by atoms with Crippen molar-refractivity contribution in [3.63, 3.8) is 0 Å². The normalized spacial score (nSPS) is 13.6. The van der Waals surface area contributed by atoms with Crippen molar-refractivity contribution in [3.05, 3.63) is 42.1 Å². The molecule has 1 aromatic carbocycles. The van der Waals surface area contributed by atoms with E-state index in [2.05, 4.69) is 42.8 Å². The van der Waals surface area contributed by atoms with Crippen LogP contribution in [0.5, 0.6) is 0 Å². The summed E-state index contributed by atoms with van der Waals surface area (Å²) in [6.45, 7) is 6.29. The second-order valence-electron chi connectivity index (χ2n) is 5.65. The van der Waals surface area contributed by atoms with Gasteiger partial charge in [-0.2, -0.15) is 0 Å². The maximum atomic E-state index is 10.8. The van der Waals surface area contributed by atoms with Crippen LogP contribution < -0.4 is 0 Å². The third-order valence-electron chi connectivity index (χ3n) is 3.97. The number of benzene rings is 1. The van der Waals surface area contributed by atoms with Crippen LogP contribution in [0.15, 0.2) is 36.5 Å². The molecule has 0 amide bonds. The van der Waals surface area contributed by atoms with Crippen LogP contribution in [0.2, 0.25) is 0 Å². The Hall–Kier alpha value is -2.03. The lowest BCUT2D eigenvalue weighted by Gasteiger charge is -2.15. The Morgan fingerprint density at radius 1 is 1.38 bits per heavy atom. The quantitative estimate of drug-likeness (QED) is 0.768. The number of nitrogens with zero attached hydrogens (tertiary/aromatic N) is 1. The van der Waals surface area contributed by atoms with E-state index in [1.807, 2.05) is 13.0 Å². The van der Waals surface area contributed by atoms with E-state index >= 15 is 0 Å². The van der Waals surface area contributed by atoms with Crippen LogP contribution in [0.1, 0.15) is 51.6 Å². The van der Waals surface area contributed by atoms with E-state index < -0.39 is 5.97 Å². The van der Waals surface area contributed by atoms with Crippen LogP contribution in [-0.4, -0.2) is 15.6 Å². The number of aliphatic carboxylic acids is 1. The number of fused-ring (bicyclic) bond motifs is 1. The number of carboxylic acid groups (broad SMARTS) is 1. The topological polar surface area (TPSA) is 42.2 Å². The Kier molecular flexibility index (Phi) is 4.84. The number of rotatable bonds is 6. The van der Waals surface area contributed by atoms with E-state index in [1.165, 1.54) is 30.9 Å². The third kappa shape index (κ3) is 3.54. The molecule has 0 aliphatic rings. The molecule has 0 spiro atoms. The Morgan fingerprint density at radius 2 is 2.14 bits per heavy atom. The maximum Gasteiger partial charge on any atom is 0.328 e. The lowest BCUT2D eigenvalue weighted by molar-refractivity contribution is -0.131. The van der Waals surface area contributed by atoms with Crippen molar-refractivity contribution >= 4 is 22.4 Å². The van der Waals surface area contributed by atoms with Crippen molar-refractivity contribution in [1.82, 2.24) is 4.57 Å². The van der Waals surface area contributed by atoms with Crippen LogP contribution in [0.3, 0.4) is 0 Å². The first-order chi connectivity index (χ1) is 10.0. The molecule has 1 N–H and O–H groups in total. The molecule has 0 bridgehead atoms. The van der Waals surface area contributed by atoms with Crippen molar-refractivity contribution in [2.45, 2.75) is 46.1 Å². The first-order valence-corrected chi connectivity index (χ1v) is 7.55. The molecule has 3 heteroatoms. The molecule has 1 heterocycles. The number of carbonyl (C=O) groups is 1. The molecule has 1 unspecified atom stereocenters. The van der Waals surface area contributed by atoms with Crippen LogP contribution in [0.25, 0.3) is 16.5 Å². The smallest absolute Gasteiger partial charge is 0.328 e. The van der Waals surface area contributed by atoms with Gasteiger partial charge in [-0.1, -0.05) is 25.8 Å². The first-order valence-electron chi connectivity index (χ1n) is 7.55. The highest BCUT2D eigenvalue weighted by Gasteiger charge is 2.09. The van der Waals surface area contributed by atoms with Gasteiger partial charge >= 0.3 is 5.97 Å². The molecule has 1 atom stereocenters.